The molecule has 1 fully saturated rings. The number of carbonyl (C=O) groups excluding carboxylic acids is 1. The first-order valence-corrected chi connectivity index (χ1v) is 11.2. The van der Waals surface area contributed by atoms with Crippen LogP contribution in [-0.2, 0) is 4.74 Å². The standard InChI is InChI=1S/C24H23FN8O3/c1-14-11-35-7-6-33(14)22-9-17(18(10-26)23(31-22)30-21-4-5-28-32-21)16-3-2-15(8-19(16)25)29-24(34)20-12-36-13-27-20/h2-5,8-10,12-14,26H,6-7,11H2,1H3,(H,29,34)(H2,28,30,31,32)/t14-/m1/s1. The van der Waals surface area contributed by atoms with Gasteiger partial charge in [-0.1, -0.05) is 0 Å². The molecule has 0 bridgehead atoms. The zero-order valence-corrected chi connectivity index (χ0v) is 19.3. The predicted molar refractivity (Wildman–Crippen MR) is 131 cm³/mol. The van der Waals surface area contributed by atoms with Gasteiger partial charge in [0.25, 0.3) is 5.91 Å². The normalized spacial score (nSPS) is 15.5. The highest BCUT2D eigenvalue weighted by Gasteiger charge is 2.24. The first-order valence-electron chi connectivity index (χ1n) is 11.2. The molecule has 4 heterocycles. The summed E-state index contributed by atoms with van der Waals surface area (Å²) in [5, 5.41) is 20.6. The van der Waals surface area contributed by atoms with E-state index in [9.17, 15) is 4.79 Å². The lowest BCUT2D eigenvalue weighted by atomic mass is 9.99. The van der Waals surface area contributed by atoms with Crippen molar-refractivity contribution in [3.05, 3.63) is 66.3 Å². The van der Waals surface area contributed by atoms with E-state index < -0.39 is 11.7 Å². The molecule has 36 heavy (non-hydrogen) atoms. The number of ether oxygens (including phenoxy) is 1. The minimum Gasteiger partial charge on any atom is -0.451 e. The Bertz CT molecular complexity index is 1370. The van der Waals surface area contributed by atoms with E-state index in [1.807, 2.05) is 6.92 Å². The van der Waals surface area contributed by atoms with Gasteiger partial charge in [-0.3, -0.25) is 9.89 Å². The van der Waals surface area contributed by atoms with Gasteiger partial charge in [-0.2, -0.15) is 5.10 Å². The van der Waals surface area contributed by atoms with E-state index in [2.05, 4.69) is 30.7 Å². The van der Waals surface area contributed by atoms with E-state index >= 15 is 4.39 Å². The van der Waals surface area contributed by atoms with Crippen LogP contribution in [0.5, 0.6) is 0 Å². The summed E-state index contributed by atoms with van der Waals surface area (Å²) in [7, 11) is 0. The maximum Gasteiger partial charge on any atom is 0.277 e. The van der Waals surface area contributed by atoms with Crippen LogP contribution in [0.25, 0.3) is 11.1 Å². The second-order valence-corrected chi connectivity index (χ2v) is 8.17. The summed E-state index contributed by atoms with van der Waals surface area (Å²) >= 11 is 0. The second-order valence-electron chi connectivity index (χ2n) is 8.17. The van der Waals surface area contributed by atoms with Crippen molar-refractivity contribution >= 4 is 35.3 Å². The number of aromatic nitrogens is 4. The molecular weight excluding hydrogens is 467 g/mol. The van der Waals surface area contributed by atoms with Crippen LogP contribution in [-0.4, -0.2) is 58.1 Å². The molecule has 1 aromatic carbocycles. The molecular formula is C24H23FN8O3. The number of H-pyrrole nitrogens is 1. The van der Waals surface area contributed by atoms with Crippen LogP contribution in [0.15, 0.2) is 53.6 Å². The SMILES string of the molecule is C[C@@H]1COCCN1c1cc(-c2ccc(NC(=O)c3cocn3)cc2F)c(C=N)c(Nc2ccn[nH]2)n1. The molecule has 1 aliphatic heterocycles. The number of halogens is 1. The van der Waals surface area contributed by atoms with Crippen LogP contribution < -0.4 is 15.5 Å². The van der Waals surface area contributed by atoms with Crippen molar-refractivity contribution in [2.45, 2.75) is 13.0 Å². The van der Waals surface area contributed by atoms with Gasteiger partial charge < -0.3 is 30.1 Å². The number of rotatable bonds is 7. The number of pyridine rings is 1. The number of nitrogens with zero attached hydrogens (tertiary/aromatic N) is 4. The molecule has 184 valence electrons. The molecule has 11 nitrogen and oxygen atoms in total. The maximum absolute atomic E-state index is 15.5. The van der Waals surface area contributed by atoms with Gasteiger partial charge in [0.1, 0.15) is 29.5 Å². The molecule has 0 spiro atoms. The second kappa shape index (κ2) is 9.96. The van der Waals surface area contributed by atoms with Crippen molar-refractivity contribution < 1.29 is 18.3 Å². The van der Waals surface area contributed by atoms with E-state index in [0.717, 1.165) is 12.6 Å². The van der Waals surface area contributed by atoms with Crippen LogP contribution in [0.1, 0.15) is 23.0 Å². The quantitative estimate of drug-likeness (QED) is 0.286. The van der Waals surface area contributed by atoms with Crippen LogP contribution >= 0.6 is 0 Å². The Kier molecular flexibility index (Phi) is 6.41. The summed E-state index contributed by atoms with van der Waals surface area (Å²) in [5.74, 6) is 0.486. The molecule has 0 aliphatic carbocycles. The summed E-state index contributed by atoms with van der Waals surface area (Å²) < 4.78 is 25.8. The fourth-order valence-corrected chi connectivity index (χ4v) is 4.00. The molecule has 1 saturated heterocycles. The van der Waals surface area contributed by atoms with Gasteiger partial charge in [0.2, 0.25) is 0 Å². The summed E-state index contributed by atoms with van der Waals surface area (Å²) in [6.07, 6.45) is 5.07. The van der Waals surface area contributed by atoms with E-state index in [1.165, 1.54) is 12.3 Å². The van der Waals surface area contributed by atoms with Crippen molar-refractivity contribution in [3.8, 4) is 11.1 Å². The molecule has 4 N–H and O–H groups in total. The average molecular weight is 490 g/mol. The number of hydrogen-bond donors (Lipinski definition) is 4. The summed E-state index contributed by atoms with van der Waals surface area (Å²) in [6, 6.07) is 7.93. The maximum atomic E-state index is 15.5. The summed E-state index contributed by atoms with van der Waals surface area (Å²) in [5.41, 5.74) is 1.46. The number of anilines is 4. The van der Waals surface area contributed by atoms with Gasteiger partial charge in [0.15, 0.2) is 12.1 Å². The van der Waals surface area contributed by atoms with Crippen LogP contribution in [0.3, 0.4) is 0 Å². The monoisotopic (exact) mass is 490 g/mol. The number of hydrogen-bond acceptors (Lipinski definition) is 9. The largest absolute Gasteiger partial charge is 0.451 e. The van der Waals surface area contributed by atoms with Crippen LogP contribution in [0.4, 0.5) is 27.5 Å². The van der Waals surface area contributed by atoms with Crippen molar-refractivity contribution in [3.63, 3.8) is 0 Å². The molecule has 1 aliphatic rings. The molecule has 0 saturated carbocycles. The Hall–Kier alpha value is -4.58. The topological polar surface area (TPSA) is 145 Å². The van der Waals surface area contributed by atoms with E-state index in [0.29, 0.717) is 48.3 Å². The van der Waals surface area contributed by atoms with Gasteiger partial charge in [-0.25, -0.2) is 14.4 Å². The molecule has 3 aromatic heterocycles. The van der Waals surface area contributed by atoms with E-state index in [1.54, 1.807) is 30.5 Å². The van der Waals surface area contributed by atoms with Gasteiger partial charge >= 0.3 is 0 Å². The lowest BCUT2D eigenvalue weighted by Gasteiger charge is -2.35. The molecule has 0 unspecified atom stereocenters. The molecule has 0 radical (unpaired) electrons. The third kappa shape index (κ3) is 4.66. The van der Waals surface area contributed by atoms with Crippen molar-refractivity contribution in [2.24, 2.45) is 0 Å². The molecule has 12 heteroatoms. The minimum atomic E-state index is -0.573. The summed E-state index contributed by atoms with van der Waals surface area (Å²) in [6.45, 7) is 3.74. The fourth-order valence-electron chi connectivity index (χ4n) is 4.00. The van der Waals surface area contributed by atoms with E-state index in [-0.39, 0.29) is 23.0 Å². The van der Waals surface area contributed by atoms with Crippen LogP contribution in [0.2, 0.25) is 0 Å². The Morgan fingerprint density at radius 2 is 2.19 bits per heavy atom. The van der Waals surface area contributed by atoms with Gasteiger partial charge in [0.05, 0.1) is 25.5 Å². The zero-order valence-electron chi connectivity index (χ0n) is 19.3. The third-order valence-corrected chi connectivity index (χ3v) is 5.79. The Morgan fingerprint density at radius 3 is 2.89 bits per heavy atom. The number of nitrogens with one attached hydrogen (secondary N) is 4. The third-order valence-electron chi connectivity index (χ3n) is 5.79. The Balaban J connectivity index is 1.56. The van der Waals surface area contributed by atoms with Gasteiger partial charge in [-0.15, -0.1) is 0 Å². The Morgan fingerprint density at radius 1 is 1.31 bits per heavy atom. The van der Waals surface area contributed by atoms with Crippen molar-refractivity contribution in [1.82, 2.24) is 20.2 Å². The lowest BCUT2D eigenvalue weighted by Crippen LogP contribution is -2.44. The molecule has 1 atom stereocenters. The number of morpholine rings is 1. The fraction of sp³-hybridized carbons (Fsp3) is 0.208. The minimum absolute atomic E-state index is 0.0592. The highest BCUT2D eigenvalue weighted by molar-refractivity contribution is 6.03. The number of oxazole rings is 1. The Labute approximate surface area is 205 Å². The number of amides is 1. The first kappa shape index (κ1) is 23.2. The van der Waals surface area contributed by atoms with Crippen molar-refractivity contribution in [1.29, 1.82) is 5.41 Å². The number of aromatic amines is 1. The highest BCUT2D eigenvalue weighted by Crippen LogP contribution is 2.35. The average Bonchev–Trinajstić information content (AvgIpc) is 3.59. The molecule has 1 amide bonds. The van der Waals surface area contributed by atoms with Crippen molar-refractivity contribution in [2.75, 3.05) is 35.3 Å². The van der Waals surface area contributed by atoms with Gasteiger partial charge in [-0.05, 0) is 31.2 Å². The predicted octanol–water partition coefficient (Wildman–Crippen LogP) is 3.82. The summed E-state index contributed by atoms with van der Waals surface area (Å²) in [4.78, 5) is 22.9. The van der Waals surface area contributed by atoms with Crippen LogP contribution in [0, 0.1) is 11.2 Å². The molecule has 5 rings (SSSR count). The number of carbonyl (C=O) groups is 1. The first-order chi connectivity index (χ1) is 17.5. The zero-order chi connectivity index (χ0) is 25.1. The van der Waals surface area contributed by atoms with Gasteiger partial charge in [0, 0.05) is 41.2 Å². The lowest BCUT2D eigenvalue weighted by molar-refractivity contribution is 0.0985. The van der Waals surface area contributed by atoms with E-state index in [4.69, 9.17) is 19.5 Å². The highest BCUT2D eigenvalue weighted by atomic mass is 19.1. The molecule has 4 aromatic rings. The smallest absolute Gasteiger partial charge is 0.277 e. The number of benzene rings is 1.